The molecule has 0 saturated heterocycles. The van der Waals surface area contributed by atoms with Gasteiger partial charge in [-0.25, -0.2) is 8.42 Å². The number of hydrogen-bond donors (Lipinski definition) is 0. The predicted molar refractivity (Wildman–Crippen MR) is 128 cm³/mol. The predicted octanol–water partition coefficient (Wildman–Crippen LogP) is 7.23. The van der Waals surface area contributed by atoms with E-state index in [9.17, 15) is 13.0 Å². The average molecular weight is 461 g/mol. The number of unbranched alkanes of at least 4 members (excludes halogenated alkanes) is 9. The van der Waals surface area contributed by atoms with Crippen LogP contribution in [-0.4, -0.2) is 20.1 Å². The number of hydrogen-bond acceptors (Lipinski definition) is 5. The topological polar surface area (TPSA) is 94.6 Å². The summed E-state index contributed by atoms with van der Waals surface area (Å²) in [7, 11) is -2.73. The van der Waals surface area contributed by atoms with Gasteiger partial charge < -0.3 is 9.29 Å². The highest BCUT2D eigenvalue weighted by Crippen LogP contribution is 2.17. The third-order valence-electron chi connectivity index (χ3n) is 5.22. The van der Waals surface area contributed by atoms with E-state index in [-0.39, 0.29) is 4.90 Å². The van der Waals surface area contributed by atoms with Crippen LogP contribution in [-0.2, 0) is 16.5 Å². The molecule has 0 unspecified atom stereocenters. The first-order chi connectivity index (χ1) is 15.4. The van der Waals surface area contributed by atoms with Crippen LogP contribution in [0, 0.1) is 5.39 Å². The Balaban J connectivity index is 0.000000425. The molecule has 0 radical (unpaired) electrons. The third-order valence-corrected chi connectivity index (χ3v) is 6.07. The van der Waals surface area contributed by atoms with Crippen molar-refractivity contribution in [3.63, 3.8) is 0 Å². The molecular weight excluding hydrogens is 424 g/mol. The summed E-state index contributed by atoms with van der Waals surface area (Å²) < 4.78 is 37.4. The number of nitrogens with zero attached hydrogens (tertiary/aromatic N) is 2. The number of aryl methyl sites for hydroxylation is 1. The van der Waals surface area contributed by atoms with Crippen LogP contribution >= 0.6 is 0 Å². The van der Waals surface area contributed by atoms with Gasteiger partial charge in [0.25, 0.3) is 0 Å². The summed E-state index contributed by atoms with van der Waals surface area (Å²) >= 11 is 0. The van der Waals surface area contributed by atoms with Gasteiger partial charge in [-0.1, -0.05) is 76.8 Å². The smallest absolute Gasteiger partial charge is 0.385 e. The molecule has 176 valence electrons. The van der Waals surface area contributed by atoms with Crippen LogP contribution in [0.1, 0.15) is 76.7 Å². The molecule has 0 saturated carbocycles. The second-order valence-electron chi connectivity index (χ2n) is 7.83. The molecule has 0 N–H and O–H groups in total. The summed E-state index contributed by atoms with van der Waals surface area (Å²) in [6, 6.07) is 13.1. The fourth-order valence-electron chi connectivity index (χ4n) is 3.29. The summed E-state index contributed by atoms with van der Waals surface area (Å²) in [6.45, 7) is 2.24. The van der Waals surface area contributed by atoms with Gasteiger partial charge in [0.1, 0.15) is 15.9 Å². The number of methoxy groups -OCH3 is 1. The standard InChI is InChI=1S/C18H30O3S.C7H7N2O/c1-2-3-4-5-6-7-8-9-10-11-12-17-13-15-18(16-14-17)22(19,20)21;1-10-7-4-2-6(9-8)3-5-7/h13-16H,2-12H2,1H3,(H,19,20,21);2-5H,1H3/q;+1/p-1. The van der Waals surface area contributed by atoms with Gasteiger partial charge >= 0.3 is 5.69 Å². The Morgan fingerprint density at radius 2 is 1.31 bits per heavy atom. The van der Waals surface area contributed by atoms with Crippen molar-refractivity contribution in [2.45, 2.75) is 82.4 Å². The molecule has 32 heavy (non-hydrogen) atoms. The van der Waals surface area contributed by atoms with Crippen molar-refractivity contribution in [1.29, 1.82) is 5.39 Å². The SMILES string of the molecule is CCCCCCCCCCCCc1ccc(S(=O)(=O)[O-])cc1.COc1ccc([N+]#N)cc1. The minimum atomic E-state index is -4.31. The molecule has 7 heteroatoms. The molecule has 0 aliphatic rings. The minimum Gasteiger partial charge on any atom is -0.744 e. The van der Waals surface area contributed by atoms with Gasteiger partial charge in [0, 0.05) is 12.1 Å². The van der Waals surface area contributed by atoms with E-state index in [0.717, 1.165) is 24.2 Å². The first-order valence-electron chi connectivity index (χ1n) is 11.4. The molecule has 0 spiro atoms. The number of ether oxygens (including phenoxy) is 1. The van der Waals surface area contributed by atoms with Crippen molar-refractivity contribution >= 4 is 15.8 Å². The van der Waals surface area contributed by atoms with Crippen molar-refractivity contribution in [1.82, 2.24) is 0 Å². The average Bonchev–Trinajstić information content (AvgIpc) is 2.80. The molecule has 2 aromatic carbocycles. The Hall–Kier alpha value is -2.43. The number of benzene rings is 2. The molecule has 0 amide bonds. The molecule has 2 aromatic rings. The van der Waals surface area contributed by atoms with E-state index >= 15 is 0 Å². The van der Waals surface area contributed by atoms with Crippen LogP contribution in [0.25, 0.3) is 4.98 Å². The quantitative estimate of drug-likeness (QED) is 0.178. The van der Waals surface area contributed by atoms with Crippen molar-refractivity contribution in [3.05, 3.63) is 59.1 Å². The van der Waals surface area contributed by atoms with E-state index in [1.165, 1.54) is 69.9 Å². The lowest BCUT2D eigenvalue weighted by Crippen LogP contribution is -1.98. The van der Waals surface area contributed by atoms with Crippen LogP contribution in [0.4, 0.5) is 5.69 Å². The maximum atomic E-state index is 10.8. The summed E-state index contributed by atoms with van der Waals surface area (Å²) in [5, 5.41) is 8.29. The van der Waals surface area contributed by atoms with Gasteiger partial charge in [-0.15, -0.1) is 0 Å². The summed E-state index contributed by atoms with van der Waals surface area (Å²) in [4.78, 5) is 2.85. The third kappa shape index (κ3) is 12.4. The molecule has 0 aliphatic heterocycles. The maximum absolute atomic E-state index is 10.8. The molecule has 6 nitrogen and oxygen atoms in total. The van der Waals surface area contributed by atoms with Crippen molar-refractivity contribution in [3.8, 4) is 5.75 Å². The summed E-state index contributed by atoms with van der Waals surface area (Å²) in [6.07, 6.45) is 14.0. The van der Waals surface area contributed by atoms with Crippen LogP contribution in [0.2, 0.25) is 0 Å². The zero-order chi connectivity index (χ0) is 23.7. The minimum absolute atomic E-state index is 0.140. The van der Waals surface area contributed by atoms with Gasteiger partial charge in [-0.2, -0.15) is 0 Å². The monoisotopic (exact) mass is 460 g/mol. The Morgan fingerprint density at radius 3 is 1.75 bits per heavy atom. The molecule has 0 bridgehead atoms. The zero-order valence-electron chi connectivity index (χ0n) is 19.3. The van der Waals surface area contributed by atoms with Crippen molar-refractivity contribution < 1.29 is 17.7 Å². The zero-order valence-corrected chi connectivity index (χ0v) is 20.1. The van der Waals surface area contributed by atoms with Crippen LogP contribution in [0.5, 0.6) is 5.75 Å². The lowest BCUT2D eigenvalue weighted by molar-refractivity contribution is 0.415. The Kier molecular flexibility index (Phi) is 14.0. The van der Waals surface area contributed by atoms with Gasteiger partial charge in [0.05, 0.1) is 12.0 Å². The van der Waals surface area contributed by atoms with Crippen LogP contribution in [0.3, 0.4) is 0 Å². The van der Waals surface area contributed by atoms with Gasteiger partial charge in [-0.05, 0) is 42.7 Å². The van der Waals surface area contributed by atoms with E-state index in [2.05, 4.69) is 11.9 Å². The highest BCUT2D eigenvalue weighted by Gasteiger charge is 2.02. The highest BCUT2D eigenvalue weighted by molar-refractivity contribution is 7.85. The Morgan fingerprint density at radius 1 is 0.812 bits per heavy atom. The molecule has 0 aromatic heterocycles. The Bertz CT molecular complexity index is 889. The number of rotatable bonds is 13. The summed E-state index contributed by atoms with van der Waals surface area (Å²) in [5.41, 5.74) is 1.63. The molecular formula is C25H36N2O4S. The fourth-order valence-corrected chi connectivity index (χ4v) is 3.76. The van der Waals surface area contributed by atoms with Gasteiger partial charge in [-0.3, -0.25) is 0 Å². The van der Waals surface area contributed by atoms with Crippen molar-refractivity contribution in [2.75, 3.05) is 7.11 Å². The first-order valence-corrected chi connectivity index (χ1v) is 12.9. The lowest BCUT2D eigenvalue weighted by atomic mass is 10.0. The second-order valence-corrected chi connectivity index (χ2v) is 9.21. The Labute approximate surface area is 193 Å². The van der Waals surface area contributed by atoms with E-state index in [0.29, 0.717) is 5.69 Å². The van der Waals surface area contributed by atoms with Crippen LogP contribution < -0.4 is 4.74 Å². The summed E-state index contributed by atoms with van der Waals surface area (Å²) in [5.74, 6) is 0.757. The normalized spacial score (nSPS) is 10.7. The van der Waals surface area contributed by atoms with E-state index in [4.69, 9.17) is 10.1 Å². The molecule has 0 fully saturated rings. The van der Waals surface area contributed by atoms with E-state index in [1.807, 2.05) is 0 Å². The van der Waals surface area contributed by atoms with Crippen LogP contribution in [0.15, 0.2) is 53.4 Å². The van der Waals surface area contributed by atoms with Gasteiger partial charge in [0.2, 0.25) is 5.39 Å². The molecule has 0 atom stereocenters. The van der Waals surface area contributed by atoms with Crippen molar-refractivity contribution in [2.24, 2.45) is 0 Å². The second kappa shape index (κ2) is 16.2. The molecule has 2 rings (SSSR count). The fraction of sp³-hybridized carbons (Fsp3) is 0.520. The highest BCUT2D eigenvalue weighted by atomic mass is 32.2. The maximum Gasteiger partial charge on any atom is 0.385 e. The molecule has 0 aliphatic carbocycles. The first kappa shape index (κ1) is 27.6. The van der Waals surface area contributed by atoms with Gasteiger partial charge in [0.15, 0.2) is 4.98 Å². The lowest BCUT2D eigenvalue weighted by Gasteiger charge is -2.08. The van der Waals surface area contributed by atoms with E-state index < -0.39 is 10.1 Å². The largest absolute Gasteiger partial charge is 0.744 e. The number of diazo groups is 1. The molecule has 0 heterocycles. The van der Waals surface area contributed by atoms with E-state index in [1.54, 1.807) is 43.5 Å².